The van der Waals surface area contributed by atoms with Gasteiger partial charge in [0.1, 0.15) is 12.4 Å². The van der Waals surface area contributed by atoms with Crippen molar-refractivity contribution in [3.8, 4) is 5.75 Å². The van der Waals surface area contributed by atoms with Gasteiger partial charge in [-0.25, -0.2) is 4.99 Å². The third kappa shape index (κ3) is 6.09. The van der Waals surface area contributed by atoms with Crippen LogP contribution in [0.2, 0.25) is 0 Å². The van der Waals surface area contributed by atoms with Gasteiger partial charge in [0.15, 0.2) is 5.96 Å². The molecule has 29 heavy (non-hydrogen) atoms. The van der Waals surface area contributed by atoms with Crippen molar-refractivity contribution in [2.75, 3.05) is 6.54 Å². The molecule has 6 heteroatoms. The number of rotatable bonds is 7. The van der Waals surface area contributed by atoms with Crippen LogP contribution in [0.15, 0.2) is 59.6 Å². The molecule has 2 bridgehead atoms. The molecule has 156 valence electrons. The molecule has 2 heterocycles. The molecule has 2 aromatic carbocycles. The summed E-state index contributed by atoms with van der Waals surface area (Å²) in [5.74, 6) is 1.73. The molecule has 4 rings (SSSR count). The zero-order chi connectivity index (χ0) is 19.2. The van der Waals surface area contributed by atoms with Gasteiger partial charge >= 0.3 is 0 Å². The van der Waals surface area contributed by atoms with Crippen LogP contribution >= 0.6 is 24.0 Å². The highest BCUT2D eigenvalue weighted by Gasteiger charge is 2.41. The smallest absolute Gasteiger partial charge is 0.191 e. The minimum atomic E-state index is 0. The highest BCUT2D eigenvalue weighted by atomic mass is 127. The lowest BCUT2D eigenvalue weighted by molar-refractivity contribution is 0.0992. The van der Waals surface area contributed by atoms with Crippen molar-refractivity contribution < 1.29 is 9.47 Å². The predicted octanol–water partition coefficient (Wildman–Crippen LogP) is 4.26. The lowest BCUT2D eigenvalue weighted by atomic mass is 9.96. The lowest BCUT2D eigenvalue weighted by Crippen LogP contribution is -2.47. The van der Waals surface area contributed by atoms with Crippen LogP contribution in [0.25, 0.3) is 0 Å². The van der Waals surface area contributed by atoms with Crippen molar-refractivity contribution in [3.63, 3.8) is 0 Å². The van der Waals surface area contributed by atoms with Gasteiger partial charge in [0.05, 0.1) is 24.8 Å². The minimum absolute atomic E-state index is 0. The van der Waals surface area contributed by atoms with Gasteiger partial charge in [-0.15, -0.1) is 24.0 Å². The molecular weight excluding hydrogens is 477 g/mol. The van der Waals surface area contributed by atoms with Crippen molar-refractivity contribution in [2.45, 2.75) is 57.6 Å². The molecule has 0 saturated carbocycles. The number of hydrogen-bond donors (Lipinski definition) is 2. The van der Waals surface area contributed by atoms with Crippen LogP contribution in [0.1, 0.15) is 37.3 Å². The highest BCUT2D eigenvalue weighted by Crippen LogP contribution is 2.34. The molecule has 2 aliphatic heterocycles. The van der Waals surface area contributed by atoms with E-state index in [-0.39, 0.29) is 24.0 Å². The highest BCUT2D eigenvalue weighted by molar-refractivity contribution is 14.0. The van der Waals surface area contributed by atoms with Gasteiger partial charge in [0, 0.05) is 6.54 Å². The molecule has 2 aliphatic rings. The topological polar surface area (TPSA) is 54.9 Å². The van der Waals surface area contributed by atoms with Crippen LogP contribution in [0.3, 0.4) is 0 Å². The molecule has 0 amide bonds. The fourth-order valence-electron chi connectivity index (χ4n) is 3.93. The summed E-state index contributed by atoms with van der Waals surface area (Å²) in [5.41, 5.74) is 2.30. The number of hydrogen-bond acceptors (Lipinski definition) is 3. The van der Waals surface area contributed by atoms with Gasteiger partial charge in [-0.05, 0) is 49.4 Å². The van der Waals surface area contributed by atoms with E-state index in [0.717, 1.165) is 42.2 Å². The summed E-state index contributed by atoms with van der Waals surface area (Å²) in [5, 5.41) is 6.92. The Kier molecular flexibility index (Phi) is 8.18. The second-order valence-corrected chi connectivity index (χ2v) is 7.48. The van der Waals surface area contributed by atoms with Gasteiger partial charge < -0.3 is 20.1 Å². The molecule has 2 aromatic rings. The molecule has 2 fully saturated rings. The Morgan fingerprint density at radius 2 is 1.93 bits per heavy atom. The van der Waals surface area contributed by atoms with E-state index in [1.54, 1.807) is 0 Å². The molecule has 0 aromatic heterocycles. The van der Waals surface area contributed by atoms with Crippen molar-refractivity contribution in [1.29, 1.82) is 0 Å². The first kappa shape index (κ1) is 21.9. The molecular formula is C23H30IN3O2. The number of nitrogens with one attached hydrogen (secondary N) is 2. The molecule has 2 N–H and O–H groups in total. The monoisotopic (exact) mass is 507 g/mol. The minimum Gasteiger partial charge on any atom is -0.489 e. The molecule has 2 saturated heterocycles. The van der Waals surface area contributed by atoms with Crippen LogP contribution in [-0.2, 0) is 17.9 Å². The number of guanidine groups is 1. The van der Waals surface area contributed by atoms with E-state index >= 15 is 0 Å². The van der Waals surface area contributed by atoms with Gasteiger partial charge in [-0.2, -0.15) is 0 Å². The first-order valence-corrected chi connectivity index (χ1v) is 10.3. The summed E-state index contributed by atoms with van der Waals surface area (Å²) in [6.07, 6.45) is 4.21. The summed E-state index contributed by atoms with van der Waals surface area (Å²) in [6, 6.07) is 18.8. The Balaban J connectivity index is 0.00000240. The normalized spacial score (nSPS) is 22.8. The van der Waals surface area contributed by atoms with Crippen molar-refractivity contribution in [2.24, 2.45) is 4.99 Å². The van der Waals surface area contributed by atoms with Crippen molar-refractivity contribution in [1.82, 2.24) is 10.6 Å². The zero-order valence-corrected chi connectivity index (χ0v) is 19.2. The summed E-state index contributed by atoms with van der Waals surface area (Å²) in [7, 11) is 0. The van der Waals surface area contributed by atoms with Crippen molar-refractivity contribution >= 4 is 29.9 Å². The Labute approximate surface area is 190 Å². The summed E-state index contributed by atoms with van der Waals surface area (Å²) < 4.78 is 11.9. The average molecular weight is 507 g/mol. The lowest BCUT2D eigenvalue weighted by Gasteiger charge is -2.22. The molecule has 3 unspecified atom stereocenters. The number of nitrogens with zero attached hydrogens (tertiary/aromatic N) is 1. The van der Waals surface area contributed by atoms with Gasteiger partial charge in [-0.3, -0.25) is 0 Å². The maximum absolute atomic E-state index is 5.94. The fraction of sp³-hybridized carbons (Fsp3) is 0.435. The maximum atomic E-state index is 5.94. The quantitative estimate of drug-likeness (QED) is 0.334. The summed E-state index contributed by atoms with van der Waals surface area (Å²) in [6.45, 7) is 4.11. The number of ether oxygens (including phenoxy) is 2. The Morgan fingerprint density at radius 1 is 1.10 bits per heavy atom. The third-order valence-electron chi connectivity index (χ3n) is 5.34. The van der Waals surface area contributed by atoms with Crippen LogP contribution in [0, 0.1) is 0 Å². The van der Waals surface area contributed by atoms with Crippen LogP contribution in [-0.4, -0.2) is 30.8 Å². The van der Waals surface area contributed by atoms with E-state index in [4.69, 9.17) is 14.5 Å². The predicted molar refractivity (Wildman–Crippen MR) is 127 cm³/mol. The summed E-state index contributed by atoms with van der Waals surface area (Å²) in [4.78, 5) is 4.77. The second kappa shape index (κ2) is 10.8. The molecule has 3 atom stereocenters. The number of halogens is 1. The SMILES string of the molecule is CCNC(=NCc1cccc(OCc2ccccc2)c1)NC1CC2CCC1O2.I. The van der Waals surface area contributed by atoms with Crippen LogP contribution < -0.4 is 15.4 Å². The Morgan fingerprint density at radius 3 is 2.66 bits per heavy atom. The standard InChI is InChI=1S/C23H29N3O2.HI/c1-2-24-23(26-21-14-20-11-12-22(21)28-20)25-15-18-9-6-10-19(13-18)27-16-17-7-4-3-5-8-17;/h3-10,13,20-22H,2,11-12,14-16H2,1H3,(H2,24,25,26);1H. The third-order valence-corrected chi connectivity index (χ3v) is 5.34. The molecule has 0 spiro atoms. The van der Waals surface area contributed by atoms with E-state index in [9.17, 15) is 0 Å². The van der Waals surface area contributed by atoms with Gasteiger partial charge in [0.25, 0.3) is 0 Å². The fourth-order valence-corrected chi connectivity index (χ4v) is 3.93. The first-order valence-electron chi connectivity index (χ1n) is 10.3. The number of benzene rings is 2. The molecule has 0 radical (unpaired) electrons. The molecule has 0 aliphatic carbocycles. The first-order chi connectivity index (χ1) is 13.8. The van der Waals surface area contributed by atoms with Crippen molar-refractivity contribution in [3.05, 3.63) is 65.7 Å². The zero-order valence-electron chi connectivity index (χ0n) is 16.8. The van der Waals surface area contributed by atoms with Gasteiger partial charge in [-0.1, -0.05) is 42.5 Å². The number of fused-ring (bicyclic) bond motifs is 2. The van der Waals surface area contributed by atoms with E-state index < -0.39 is 0 Å². The number of aliphatic imine (C=N–C) groups is 1. The Bertz CT molecular complexity index is 800. The van der Waals surface area contributed by atoms with E-state index in [1.807, 2.05) is 30.3 Å². The van der Waals surface area contributed by atoms with Crippen LogP contribution in [0.4, 0.5) is 0 Å². The van der Waals surface area contributed by atoms with E-state index in [0.29, 0.717) is 31.4 Å². The van der Waals surface area contributed by atoms with E-state index in [1.165, 1.54) is 6.42 Å². The Hall–Kier alpha value is -1.80. The van der Waals surface area contributed by atoms with Crippen LogP contribution in [0.5, 0.6) is 5.75 Å². The molecule has 5 nitrogen and oxygen atoms in total. The second-order valence-electron chi connectivity index (χ2n) is 7.48. The average Bonchev–Trinajstić information content (AvgIpc) is 3.35. The maximum Gasteiger partial charge on any atom is 0.191 e. The summed E-state index contributed by atoms with van der Waals surface area (Å²) >= 11 is 0. The van der Waals surface area contributed by atoms with E-state index in [2.05, 4.69) is 41.8 Å². The largest absolute Gasteiger partial charge is 0.489 e. The van der Waals surface area contributed by atoms with Gasteiger partial charge in [0.2, 0.25) is 0 Å².